The van der Waals surface area contributed by atoms with Crippen molar-refractivity contribution >= 4 is 22.7 Å². The van der Waals surface area contributed by atoms with Crippen molar-refractivity contribution in [2.75, 3.05) is 43.5 Å². The van der Waals surface area contributed by atoms with Crippen LogP contribution in [0.15, 0.2) is 24.3 Å². The molecule has 0 aliphatic carbocycles. The third-order valence-electron chi connectivity index (χ3n) is 3.32. The zero-order valence-electron chi connectivity index (χ0n) is 12.1. The maximum atomic E-state index is 5.64. The van der Waals surface area contributed by atoms with E-state index in [0.29, 0.717) is 32.3 Å². The third kappa shape index (κ3) is 3.40. The smallest absolute Gasteiger partial charge is 0.225 e. The summed E-state index contributed by atoms with van der Waals surface area (Å²) in [5.74, 6) is 1.46. The van der Waals surface area contributed by atoms with Crippen molar-refractivity contribution < 1.29 is 9.47 Å². The highest BCUT2D eigenvalue weighted by atomic mass is 16.6. The van der Waals surface area contributed by atoms with Crippen molar-refractivity contribution in [1.82, 2.24) is 9.97 Å². The molecule has 2 aromatic rings. The summed E-state index contributed by atoms with van der Waals surface area (Å²) < 4.78 is 11.1. The lowest BCUT2D eigenvalue weighted by atomic mass is 10.2. The standard InChI is InChI=1S/C15H20N4O2/c1-2-16-15-18-13-6-4-3-5-12(13)14(19-15)17-9-11-10-20-7-8-21-11/h3-6,11H,2,7-10H2,1H3,(H2,16,17,18,19). The van der Waals surface area contributed by atoms with Gasteiger partial charge in [-0.3, -0.25) is 0 Å². The monoisotopic (exact) mass is 288 g/mol. The molecule has 1 aliphatic rings. The van der Waals surface area contributed by atoms with Crippen LogP contribution in [-0.4, -0.2) is 49.0 Å². The van der Waals surface area contributed by atoms with Gasteiger partial charge in [-0.15, -0.1) is 0 Å². The van der Waals surface area contributed by atoms with E-state index in [1.54, 1.807) is 0 Å². The molecular weight excluding hydrogens is 268 g/mol. The van der Waals surface area contributed by atoms with Gasteiger partial charge < -0.3 is 20.1 Å². The van der Waals surface area contributed by atoms with Crippen LogP contribution in [0.5, 0.6) is 0 Å². The zero-order valence-corrected chi connectivity index (χ0v) is 12.1. The Bertz CT molecular complexity index is 599. The number of nitrogens with zero attached hydrogens (tertiary/aromatic N) is 2. The summed E-state index contributed by atoms with van der Waals surface area (Å²) in [7, 11) is 0. The minimum absolute atomic E-state index is 0.0649. The third-order valence-corrected chi connectivity index (χ3v) is 3.32. The minimum atomic E-state index is 0.0649. The van der Waals surface area contributed by atoms with E-state index in [2.05, 4.69) is 20.6 Å². The SMILES string of the molecule is CCNc1nc(NCC2COCCO2)c2ccccc2n1. The fourth-order valence-electron chi connectivity index (χ4n) is 2.31. The summed E-state index contributed by atoms with van der Waals surface area (Å²) >= 11 is 0. The summed E-state index contributed by atoms with van der Waals surface area (Å²) in [6.45, 7) is 5.44. The first-order valence-corrected chi connectivity index (χ1v) is 7.30. The molecule has 1 saturated heterocycles. The number of ether oxygens (including phenoxy) is 2. The molecule has 6 nitrogen and oxygen atoms in total. The van der Waals surface area contributed by atoms with Crippen LogP contribution in [0.25, 0.3) is 10.9 Å². The molecule has 1 fully saturated rings. The topological polar surface area (TPSA) is 68.3 Å². The first kappa shape index (κ1) is 14.0. The predicted octanol–water partition coefficient (Wildman–Crippen LogP) is 1.89. The van der Waals surface area contributed by atoms with Crippen molar-refractivity contribution in [2.24, 2.45) is 0 Å². The number of rotatable bonds is 5. The number of hydrogen-bond acceptors (Lipinski definition) is 6. The van der Waals surface area contributed by atoms with Gasteiger partial charge in [-0.2, -0.15) is 4.98 Å². The molecule has 0 bridgehead atoms. The van der Waals surface area contributed by atoms with Gasteiger partial charge in [-0.1, -0.05) is 12.1 Å². The lowest BCUT2D eigenvalue weighted by Gasteiger charge is -2.23. The highest BCUT2D eigenvalue weighted by molar-refractivity contribution is 5.90. The van der Waals surface area contributed by atoms with Gasteiger partial charge in [-0.25, -0.2) is 4.98 Å². The van der Waals surface area contributed by atoms with Gasteiger partial charge >= 0.3 is 0 Å². The summed E-state index contributed by atoms with van der Waals surface area (Å²) in [4.78, 5) is 9.05. The van der Waals surface area contributed by atoms with Gasteiger partial charge in [0, 0.05) is 18.5 Å². The molecule has 112 valence electrons. The van der Waals surface area contributed by atoms with Crippen molar-refractivity contribution in [3.8, 4) is 0 Å². The molecule has 1 aromatic heterocycles. The Labute approximate surface area is 123 Å². The average Bonchev–Trinajstić information content (AvgIpc) is 2.54. The van der Waals surface area contributed by atoms with Gasteiger partial charge in [0.25, 0.3) is 0 Å². The number of fused-ring (bicyclic) bond motifs is 1. The maximum absolute atomic E-state index is 5.64. The average molecular weight is 288 g/mol. The summed E-state index contributed by atoms with van der Waals surface area (Å²) in [6.07, 6.45) is 0.0649. The van der Waals surface area contributed by atoms with E-state index in [0.717, 1.165) is 23.3 Å². The number of nitrogens with one attached hydrogen (secondary N) is 2. The van der Waals surface area contributed by atoms with E-state index in [1.165, 1.54) is 0 Å². The minimum Gasteiger partial charge on any atom is -0.376 e. The van der Waals surface area contributed by atoms with Crippen LogP contribution in [0, 0.1) is 0 Å². The molecule has 1 aliphatic heterocycles. The largest absolute Gasteiger partial charge is 0.376 e. The molecule has 0 radical (unpaired) electrons. The van der Waals surface area contributed by atoms with Crippen LogP contribution >= 0.6 is 0 Å². The van der Waals surface area contributed by atoms with Crippen molar-refractivity contribution in [3.63, 3.8) is 0 Å². The molecule has 1 unspecified atom stereocenters. The summed E-state index contributed by atoms with van der Waals surface area (Å²) in [6, 6.07) is 7.98. The van der Waals surface area contributed by atoms with E-state index >= 15 is 0 Å². The van der Waals surface area contributed by atoms with Crippen LogP contribution in [-0.2, 0) is 9.47 Å². The van der Waals surface area contributed by atoms with E-state index in [1.807, 2.05) is 31.2 Å². The van der Waals surface area contributed by atoms with E-state index in [9.17, 15) is 0 Å². The van der Waals surface area contributed by atoms with Gasteiger partial charge in [0.2, 0.25) is 5.95 Å². The number of aromatic nitrogens is 2. The van der Waals surface area contributed by atoms with Gasteiger partial charge in [0.05, 0.1) is 31.4 Å². The number of benzene rings is 1. The highest BCUT2D eigenvalue weighted by Crippen LogP contribution is 2.21. The second-order valence-electron chi connectivity index (χ2n) is 4.89. The molecule has 1 aromatic carbocycles. The van der Waals surface area contributed by atoms with Crippen LogP contribution in [0.2, 0.25) is 0 Å². The Hall–Kier alpha value is -1.92. The van der Waals surface area contributed by atoms with Crippen LogP contribution in [0.4, 0.5) is 11.8 Å². The fourth-order valence-corrected chi connectivity index (χ4v) is 2.31. The lowest BCUT2D eigenvalue weighted by Crippen LogP contribution is -2.34. The maximum Gasteiger partial charge on any atom is 0.225 e. The fraction of sp³-hybridized carbons (Fsp3) is 0.467. The number of hydrogen-bond donors (Lipinski definition) is 2. The zero-order chi connectivity index (χ0) is 14.5. The molecule has 0 spiro atoms. The Balaban J connectivity index is 1.81. The Morgan fingerprint density at radius 2 is 2.10 bits per heavy atom. The van der Waals surface area contributed by atoms with Gasteiger partial charge in [-0.05, 0) is 19.1 Å². The molecule has 3 rings (SSSR count). The first-order chi connectivity index (χ1) is 10.4. The van der Waals surface area contributed by atoms with Crippen LogP contribution in [0.3, 0.4) is 0 Å². The van der Waals surface area contributed by atoms with E-state index < -0.39 is 0 Å². The summed E-state index contributed by atoms with van der Waals surface area (Å²) in [5.41, 5.74) is 0.923. The van der Waals surface area contributed by atoms with Gasteiger partial charge in [0.15, 0.2) is 0 Å². The summed E-state index contributed by atoms with van der Waals surface area (Å²) in [5, 5.41) is 7.53. The van der Waals surface area contributed by atoms with Crippen molar-refractivity contribution in [2.45, 2.75) is 13.0 Å². The normalized spacial score (nSPS) is 18.6. The van der Waals surface area contributed by atoms with Gasteiger partial charge in [0.1, 0.15) is 5.82 Å². The van der Waals surface area contributed by atoms with Crippen LogP contribution < -0.4 is 10.6 Å². The molecule has 0 amide bonds. The molecule has 2 heterocycles. The second-order valence-corrected chi connectivity index (χ2v) is 4.89. The first-order valence-electron chi connectivity index (χ1n) is 7.30. The number of anilines is 2. The molecule has 6 heteroatoms. The second kappa shape index (κ2) is 6.69. The Kier molecular flexibility index (Phi) is 4.47. The van der Waals surface area contributed by atoms with Crippen LogP contribution in [0.1, 0.15) is 6.92 Å². The highest BCUT2D eigenvalue weighted by Gasteiger charge is 2.15. The molecule has 2 N–H and O–H groups in total. The lowest BCUT2D eigenvalue weighted by molar-refractivity contribution is -0.0819. The molecule has 21 heavy (non-hydrogen) atoms. The Morgan fingerprint density at radius 3 is 2.90 bits per heavy atom. The van der Waals surface area contributed by atoms with Crippen molar-refractivity contribution in [3.05, 3.63) is 24.3 Å². The molecule has 0 saturated carbocycles. The van der Waals surface area contributed by atoms with Crippen molar-refractivity contribution in [1.29, 1.82) is 0 Å². The van der Waals surface area contributed by atoms with E-state index in [-0.39, 0.29) is 6.10 Å². The molecular formula is C15H20N4O2. The predicted molar refractivity (Wildman–Crippen MR) is 82.8 cm³/mol. The Morgan fingerprint density at radius 1 is 1.19 bits per heavy atom. The quantitative estimate of drug-likeness (QED) is 0.875. The van der Waals surface area contributed by atoms with E-state index in [4.69, 9.17) is 9.47 Å². The molecule has 1 atom stereocenters. The number of para-hydroxylation sites is 1.